The minimum Gasteiger partial charge on any atom is -0.379 e. The summed E-state index contributed by atoms with van der Waals surface area (Å²) >= 11 is 3.08. The van der Waals surface area contributed by atoms with Gasteiger partial charge in [0.2, 0.25) is 29.5 Å². The Bertz CT molecular complexity index is 923. The summed E-state index contributed by atoms with van der Waals surface area (Å²) in [6.07, 6.45) is 15.9. The average molecular weight is 807 g/mol. The van der Waals surface area contributed by atoms with E-state index in [-0.39, 0.29) is 67.4 Å². The molecule has 0 aromatic carbocycles. The topological polar surface area (TPSA) is 182 Å². The van der Waals surface area contributed by atoms with Gasteiger partial charge in [-0.05, 0) is 25.6 Å². The van der Waals surface area contributed by atoms with Gasteiger partial charge in [0, 0.05) is 39.0 Å². The number of nitrogens with one attached hydrogen (secondary N) is 5. The first-order valence-electron chi connectivity index (χ1n) is 19.6. The molecular weight excluding hydrogens is 737 g/mol. The van der Waals surface area contributed by atoms with Crippen LogP contribution in [-0.4, -0.2) is 128 Å². The maximum atomic E-state index is 12.5. The minimum absolute atomic E-state index is 0.0803. The molecule has 0 aromatic rings. The van der Waals surface area contributed by atoms with E-state index in [1.807, 2.05) is 0 Å². The molecule has 0 saturated carbocycles. The third-order valence-electron chi connectivity index (χ3n) is 7.99. The molecule has 0 radical (unpaired) electrons. The fourth-order valence-corrected chi connectivity index (χ4v) is 5.17. The summed E-state index contributed by atoms with van der Waals surface area (Å²) in [5.74, 6) is -0.720. The molecule has 14 nitrogen and oxygen atoms in total. The summed E-state index contributed by atoms with van der Waals surface area (Å²) in [5.41, 5.74) is 0. The lowest BCUT2D eigenvalue weighted by atomic mass is 10.0. The van der Waals surface area contributed by atoms with Crippen molar-refractivity contribution in [3.63, 3.8) is 0 Å². The Labute approximate surface area is 322 Å². The molecule has 0 bridgehead atoms. The van der Waals surface area contributed by atoms with Crippen molar-refractivity contribution in [2.45, 2.75) is 116 Å². The molecule has 1 unspecified atom stereocenters. The van der Waals surface area contributed by atoms with Gasteiger partial charge in [-0.2, -0.15) is 0 Å². The molecule has 0 rings (SSSR count). The van der Waals surface area contributed by atoms with E-state index < -0.39 is 6.04 Å². The van der Waals surface area contributed by atoms with Crippen LogP contribution in [0, 0.1) is 0 Å². The van der Waals surface area contributed by atoms with Crippen LogP contribution in [0.4, 0.5) is 0 Å². The van der Waals surface area contributed by atoms with Crippen LogP contribution in [-0.2, 0) is 42.9 Å². The van der Waals surface area contributed by atoms with Gasteiger partial charge < -0.3 is 45.5 Å². The molecule has 0 aliphatic heterocycles. The van der Waals surface area contributed by atoms with Crippen LogP contribution in [0.1, 0.15) is 103 Å². The number of hydrogen-bond acceptors (Lipinski definition) is 9. The second-order valence-electron chi connectivity index (χ2n) is 12.6. The number of unbranched alkanes of at least 4 members (excludes halogenated alkanes) is 10. The third-order valence-corrected chi connectivity index (χ3v) is 8.50. The van der Waals surface area contributed by atoms with E-state index in [1.54, 1.807) is 7.85 Å². The molecule has 0 fully saturated rings. The van der Waals surface area contributed by atoms with Gasteiger partial charge in [-0.15, -0.1) is 0 Å². The highest BCUT2D eigenvalue weighted by Crippen LogP contribution is 2.12. The van der Waals surface area contributed by atoms with Crippen molar-refractivity contribution in [2.24, 2.45) is 0 Å². The van der Waals surface area contributed by atoms with Gasteiger partial charge >= 0.3 is 0 Å². The first-order valence-corrected chi connectivity index (χ1v) is 20.7. The van der Waals surface area contributed by atoms with Crippen LogP contribution in [0.2, 0.25) is 6.32 Å². The van der Waals surface area contributed by atoms with Gasteiger partial charge in [-0.1, -0.05) is 87.1 Å². The molecule has 1 atom stereocenters. The Morgan fingerprint density at radius 1 is 0.519 bits per heavy atom. The van der Waals surface area contributed by atoms with Gasteiger partial charge in [-0.25, -0.2) is 0 Å². The van der Waals surface area contributed by atoms with Crippen molar-refractivity contribution >= 4 is 53.3 Å². The van der Waals surface area contributed by atoms with Crippen LogP contribution >= 0.6 is 15.9 Å². The van der Waals surface area contributed by atoms with Crippen molar-refractivity contribution in [3.8, 4) is 0 Å². The highest BCUT2D eigenvalue weighted by Gasteiger charge is 2.19. The average Bonchev–Trinajstić information content (AvgIpc) is 3.14. The van der Waals surface area contributed by atoms with Crippen molar-refractivity contribution in [1.29, 1.82) is 0 Å². The fraction of sp³-hybridized carbons (Fsp3) is 0.861. The molecular formula is C36H69BBrN5O9. The van der Waals surface area contributed by atoms with Crippen LogP contribution in [0.25, 0.3) is 0 Å². The summed E-state index contributed by atoms with van der Waals surface area (Å²) in [6.45, 7) is 6.59. The van der Waals surface area contributed by atoms with E-state index >= 15 is 0 Å². The number of carbonyl (C=O) groups is 5. The number of alkyl halides is 1. The number of carbonyl (C=O) groups excluding carboxylic acids is 5. The van der Waals surface area contributed by atoms with Crippen molar-refractivity contribution in [3.05, 3.63) is 0 Å². The third kappa shape index (κ3) is 34.8. The monoisotopic (exact) mass is 805 g/mol. The highest BCUT2D eigenvalue weighted by atomic mass is 79.9. The van der Waals surface area contributed by atoms with Crippen molar-refractivity contribution in [1.82, 2.24) is 26.6 Å². The van der Waals surface area contributed by atoms with E-state index in [0.717, 1.165) is 12.8 Å². The van der Waals surface area contributed by atoms with E-state index in [1.165, 1.54) is 57.8 Å². The zero-order valence-corrected chi connectivity index (χ0v) is 33.7. The Hall–Kier alpha value is -2.27. The summed E-state index contributed by atoms with van der Waals surface area (Å²) in [7, 11) is 1.71. The fourth-order valence-electron chi connectivity index (χ4n) is 4.98. The highest BCUT2D eigenvalue weighted by molar-refractivity contribution is 9.09. The maximum Gasteiger partial charge on any atom is 0.242 e. The number of ether oxygens (including phenoxy) is 4. The number of hydrogen-bond donors (Lipinski definition) is 5. The summed E-state index contributed by atoms with van der Waals surface area (Å²) in [6, 6.07) is -0.686. The minimum atomic E-state index is -0.686. The normalized spacial score (nSPS) is 11.5. The molecule has 0 aromatic heterocycles. The Morgan fingerprint density at radius 2 is 0.981 bits per heavy atom. The molecule has 52 heavy (non-hydrogen) atoms. The van der Waals surface area contributed by atoms with Crippen LogP contribution in [0.5, 0.6) is 0 Å². The van der Waals surface area contributed by atoms with Gasteiger partial charge in [0.05, 0.1) is 58.2 Å². The lowest BCUT2D eigenvalue weighted by molar-refractivity contribution is -0.128. The molecule has 0 spiro atoms. The lowest BCUT2D eigenvalue weighted by Gasteiger charge is -2.18. The van der Waals surface area contributed by atoms with Crippen molar-refractivity contribution < 1.29 is 42.9 Å². The van der Waals surface area contributed by atoms with Crippen molar-refractivity contribution in [2.75, 3.05) is 84.4 Å². The summed E-state index contributed by atoms with van der Waals surface area (Å²) < 4.78 is 21.9. The largest absolute Gasteiger partial charge is 0.379 e. The molecule has 5 N–H and O–H groups in total. The van der Waals surface area contributed by atoms with Gasteiger partial charge in [-0.3, -0.25) is 24.0 Å². The Morgan fingerprint density at radius 3 is 1.50 bits per heavy atom. The lowest BCUT2D eigenvalue weighted by Crippen LogP contribution is -2.47. The first-order chi connectivity index (χ1) is 25.3. The molecule has 0 aliphatic rings. The molecule has 0 saturated heterocycles. The molecule has 16 heteroatoms. The second kappa shape index (κ2) is 38.5. The van der Waals surface area contributed by atoms with Crippen LogP contribution < -0.4 is 26.6 Å². The van der Waals surface area contributed by atoms with E-state index in [2.05, 4.69) is 49.4 Å². The summed E-state index contributed by atoms with van der Waals surface area (Å²) in [4.78, 5) is 59.6. The zero-order chi connectivity index (χ0) is 38.3. The van der Waals surface area contributed by atoms with E-state index in [9.17, 15) is 24.0 Å². The standard InChI is InChI=1S/C36H69BBrN5O9/c1-2-3-4-5-6-7-8-9-10-11-12-15-32(44)40-18-22-50-27-28-51-23-19-41-33(45)16-21-49-25-26-52-24-20-42-36(48)31(43-34(46)29-37)14-13-17-39-35(47)30-38/h31H,2-30,37H2,1H3,(H,39,47)(H,40,44)(H,41,45)(H,42,48)(H,43,46). The molecule has 302 valence electrons. The van der Waals surface area contributed by atoms with Crippen LogP contribution in [0.15, 0.2) is 0 Å². The predicted molar refractivity (Wildman–Crippen MR) is 209 cm³/mol. The number of halogens is 1. The Balaban J connectivity index is 3.57. The first kappa shape index (κ1) is 49.7. The van der Waals surface area contributed by atoms with Gasteiger partial charge in [0.25, 0.3) is 0 Å². The van der Waals surface area contributed by atoms with E-state index in [4.69, 9.17) is 18.9 Å². The zero-order valence-electron chi connectivity index (χ0n) is 32.1. The SMILES string of the molecule is BCC(=O)NC(CCCNC(=O)CBr)C(=O)NCCOCCOCCC(=O)NCCOCCOCCNC(=O)CCCCCCCCCCCCC. The quantitative estimate of drug-likeness (QED) is 0.0356. The van der Waals surface area contributed by atoms with Gasteiger partial charge in [0.1, 0.15) is 13.9 Å². The van der Waals surface area contributed by atoms with Crippen LogP contribution in [0.3, 0.4) is 0 Å². The summed E-state index contributed by atoms with van der Waals surface area (Å²) in [5, 5.41) is 14.1. The Kier molecular flexibility index (Phi) is 36.8. The maximum absolute atomic E-state index is 12.5. The molecule has 0 aliphatic carbocycles. The van der Waals surface area contributed by atoms with E-state index in [0.29, 0.717) is 78.5 Å². The second-order valence-corrected chi connectivity index (χ2v) is 13.1. The molecule has 0 heterocycles. The smallest absolute Gasteiger partial charge is 0.242 e. The number of rotatable bonds is 38. The molecule has 5 amide bonds. The van der Waals surface area contributed by atoms with Gasteiger partial charge in [0.15, 0.2) is 0 Å². The predicted octanol–water partition coefficient (Wildman–Crippen LogP) is 2.32. The number of amides is 5.